The average Bonchev–Trinajstić information content (AvgIpc) is 2.63. The zero-order chi connectivity index (χ0) is 12.7. The number of nitrogen functional groups attached to an aromatic ring is 1. The van der Waals surface area contributed by atoms with E-state index in [0.717, 1.165) is 5.70 Å². The first-order valence-corrected chi connectivity index (χ1v) is 5.46. The monoisotopic (exact) mass is 241 g/mol. The van der Waals surface area contributed by atoms with Crippen LogP contribution in [0.4, 0.5) is 5.95 Å². The van der Waals surface area contributed by atoms with Crippen molar-refractivity contribution in [2.75, 3.05) is 12.8 Å². The summed E-state index contributed by atoms with van der Waals surface area (Å²) in [6.07, 6.45) is 5.72. The second kappa shape index (κ2) is 3.73. The Bertz CT molecular complexity index is 710. The number of methoxy groups -OCH3 is 1. The number of anilines is 1. The summed E-state index contributed by atoms with van der Waals surface area (Å²) in [4.78, 5) is 16.0. The minimum atomic E-state index is -0.398. The summed E-state index contributed by atoms with van der Waals surface area (Å²) in [6.45, 7) is 0. The van der Waals surface area contributed by atoms with E-state index >= 15 is 0 Å². The number of nitrogens with zero attached hydrogens (tertiary/aromatic N) is 2. The molecule has 1 aromatic carbocycles. The molecule has 1 aromatic heterocycles. The lowest BCUT2D eigenvalue weighted by molar-refractivity contribution is 0.0602. The van der Waals surface area contributed by atoms with Crippen LogP contribution in [0.15, 0.2) is 36.4 Å². The van der Waals surface area contributed by atoms with Gasteiger partial charge in [-0.1, -0.05) is 12.1 Å². The van der Waals surface area contributed by atoms with E-state index < -0.39 is 5.97 Å². The van der Waals surface area contributed by atoms with Crippen molar-refractivity contribution in [2.45, 2.75) is 0 Å². The lowest BCUT2D eigenvalue weighted by atomic mass is 10.1. The highest BCUT2D eigenvalue weighted by molar-refractivity contribution is 6.04. The molecule has 0 bridgehead atoms. The highest BCUT2D eigenvalue weighted by Crippen LogP contribution is 2.28. The fourth-order valence-corrected chi connectivity index (χ4v) is 2.01. The number of hydrogen-bond donors (Lipinski definition) is 1. The number of para-hydroxylation sites is 1. The molecule has 0 radical (unpaired) electrons. The maximum absolute atomic E-state index is 11.8. The summed E-state index contributed by atoms with van der Waals surface area (Å²) in [5.41, 5.74) is 8.62. The van der Waals surface area contributed by atoms with Crippen molar-refractivity contribution in [3.63, 3.8) is 0 Å². The molecule has 0 atom stereocenters. The van der Waals surface area contributed by atoms with Crippen LogP contribution >= 0.6 is 0 Å². The topological polar surface area (TPSA) is 70.1 Å². The van der Waals surface area contributed by atoms with Crippen LogP contribution in [-0.4, -0.2) is 22.6 Å². The molecule has 0 saturated carbocycles. The van der Waals surface area contributed by atoms with Crippen LogP contribution in [0.1, 0.15) is 10.4 Å². The number of fused-ring (bicyclic) bond motifs is 1. The van der Waals surface area contributed by atoms with E-state index in [1.54, 1.807) is 16.7 Å². The fourth-order valence-electron chi connectivity index (χ4n) is 2.01. The number of hydrogen-bond acceptors (Lipinski definition) is 4. The molecule has 0 unspecified atom stereocenters. The molecule has 1 aliphatic rings. The van der Waals surface area contributed by atoms with Crippen LogP contribution in [-0.2, 0) is 4.74 Å². The molecule has 0 spiro atoms. The summed E-state index contributed by atoms with van der Waals surface area (Å²) in [5, 5.41) is 0. The summed E-state index contributed by atoms with van der Waals surface area (Å²) in [5.74, 6) is -0.0393. The SMILES string of the molecule is COC(=O)c1cccc2nc(N)n(C3=CC=C3)c12. The molecule has 90 valence electrons. The van der Waals surface area contributed by atoms with Crippen molar-refractivity contribution in [3.05, 3.63) is 42.0 Å². The van der Waals surface area contributed by atoms with E-state index in [1.807, 2.05) is 24.3 Å². The van der Waals surface area contributed by atoms with Gasteiger partial charge in [0.25, 0.3) is 0 Å². The van der Waals surface area contributed by atoms with Crippen LogP contribution < -0.4 is 5.73 Å². The second-order valence-corrected chi connectivity index (χ2v) is 3.92. The zero-order valence-electron chi connectivity index (χ0n) is 9.75. The van der Waals surface area contributed by atoms with E-state index in [4.69, 9.17) is 10.5 Å². The Hall–Kier alpha value is -2.56. The van der Waals surface area contributed by atoms with Gasteiger partial charge in [0.1, 0.15) is 0 Å². The number of nitrogens with two attached hydrogens (primary N) is 1. The Kier molecular flexibility index (Phi) is 2.19. The number of ether oxygens (including phenoxy) is 1. The Balaban J connectivity index is 2.34. The third-order valence-corrected chi connectivity index (χ3v) is 2.90. The molecule has 1 heterocycles. The van der Waals surface area contributed by atoms with Crippen molar-refractivity contribution >= 4 is 28.6 Å². The maximum atomic E-state index is 11.8. The number of rotatable bonds is 2. The lowest BCUT2D eigenvalue weighted by Crippen LogP contribution is -2.08. The highest BCUT2D eigenvalue weighted by Gasteiger charge is 2.19. The van der Waals surface area contributed by atoms with Gasteiger partial charge in [0.05, 0.1) is 23.7 Å². The Morgan fingerprint density at radius 2 is 2.22 bits per heavy atom. The molecular formula is C13H11N3O2. The highest BCUT2D eigenvalue weighted by atomic mass is 16.5. The largest absolute Gasteiger partial charge is 0.465 e. The number of imidazole rings is 1. The Labute approximate surface area is 103 Å². The van der Waals surface area contributed by atoms with Gasteiger partial charge in [-0.25, -0.2) is 9.78 Å². The van der Waals surface area contributed by atoms with Gasteiger partial charge in [-0.05, 0) is 24.3 Å². The normalized spacial score (nSPS) is 13.3. The number of esters is 1. The third kappa shape index (κ3) is 1.34. The minimum Gasteiger partial charge on any atom is -0.465 e. The fraction of sp³-hybridized carbons (Fsp3) is 0.0769. The average molecular weight is 241 g/mol. The summed E-state index contributed by atoms with van der Waals surface area (Å²) in [7, 11) is 1.35. The van der Waals surface area contributed by atoms with Crippen LogP contribution in [0.2, 0.25) is 0 Å². The van der Waals surface area contributed by atoms with Crippen molar-refractivity contribution in [2.24, 2.45) is 0 Å². The van der Waals surface area contributed by atoms with Crippen LogP contribution in [0, 0.1) is 0 Å². The molecule has 2 N–H and O–H groups in total. The van der Waals surface area contributed by atoms with Gasteiger partial charge in [0.2, 0.25) is 5.95 Å². The molecule has 2 aromatic rings. The maximum Gasteiger partial charge on any atom is 0.340 e. The molecule has 0 saturated heterocycles. The van der Waals surface area contributed by atoms with Gasteiger partial charge >= 0.3 is 5.97 Å². The predicted octanol–water partition coefficient (Wildman–Crippen LogP) is 1.82. The second-order valence-electron chi connectivity index (χ2n) is 3.92. The van der Waals surface area contributed by atoms with Gasteiger partial charge in [-0.3, -0.25) is 4.57 Å². The van der Waals surface area contributed by atoms with Gasteiger partial charge < -0.3 is 10.5 Å². The smallest absolute Gasteiger partial charge is 0.340 e. The minimum absolute atomic E-state index is 0.358. The van der Waals surface area contributed by atoms with Crippen molar-refractivity contribution in [1.29, 1.82) is 0 Å². The summed E-state index contributed by atoms with van der Waals surface area (Å²) < 4.78 is 6.53. The van der Waals surface area contributed by atoms with Gasteiger partial charge in [-0.15, -0.1) is 0 Å². The number of carbonyl (C=O) groups is 1. The van der Waals surface area contributed by atoms with Crippen molar-refractivity contribution in [3.8, 4) is 0 Å². The molecule has 0 fully saturated rings. The summed E-state index contributed by atoms with van der Waals surface area (Å²) in [6, 6.07) is 5.28. The molecule has 0 aliphatic heterocycles. The van der Waals surface area contributed by atoms with E-state index in [-0.39, 0.29) is 0 Å². The van der Waals surface area contributed by atoms with E-state index in [1.165, 1.54) is 7.11 Å². The van der Waals surface area contributed by atoms with Crippen LogP contribution in [0.25, 0.3) is 16.7 Å². The van der Waals surface area contributed by atoms with Crippen LogP contribution in [0.3, 0.4) is 0 Å². The number of allylic oxidation sites excluding steroid dienone is 4. The lowest BCUT2D eigenvalue weighted by Gasteiger charge is -2.12. The van der Waals surface area contributed by atoms with E-state index in [0.29, 0.717) is 22.5 Å². The first kappa shape index (κ1) is 10.6. The van der Waals surface area contributed by atoms with E-state index in [2.05, 4.69) is 4.98 Å². The molecule has 18 heavy (non-hydrogen) atoms. The first-order chi connectivity index (χ1) is 8.72. The Morgan fingerprint density at radius 3 is 2.83 bits per heavy atom. The summed E-state index contributed by atoms with van der Waals surface area (Å²) >= 11 is 0. The van der Waals surface area contributed by atoms with Gasteiger partial charge in [0, 0.05) is 5.70 Å². The molecule has 3 rings (SSSR count). The number of aromatic nitrogens is 2. The van der Waals surface area contributed by atoms with E-state index in [9.17, 15) is 4.79 Å². The quantitative estimate of drug-likeness (QED) is 0.814. The molecule has 1 aliphatic carbocycles. The van der Waals surface area contributed by atoms with Gasteiger partial charge in [-0.2, -0.15) is 0 Å². The first-order valence-electron chi connectivity index (χ1n) is 5.46. The Morgan fingerprint density at radius 1 is 1.44 bits per heavy atom. The molecule has 5 heteroatoms. The third-order valence-electron chi connectivity index (χ3n) is 2.90. The standard InChI is InChI=1S/C13H11N3O2/c1-18-12(17)9-6-3-7-10-11(9)16(13(14)15-10)8-4-2-5-8/h2-7H,1H3,(H2,14,15). The number of benzene rings is 1. The van der Waals surface area contributed by atoms with Gasteiger partial charge in [0.15, 0.2) is 0 Å². The number of carbonyl (C=O) groups excluding carboxylic acids is 1. The zero-order valence-corrected chi connectivity index (χ0v) is 9.75. The van der Waals surface area contributed by atoms with Crippen molar-refractivity contribution < 1.29 is 9.53 Å². The van der Waals surface area contributed by atoms with Crippen molar-refractivity contribution in [1.82, 2.24) is 9.55 Å². The van der Waals surface area contributed by atoms with Crippen LogP contribution in [0.5, 0.6) is 0 Å². The molecule has 0 amide bonds. The molecule has 5 nitrogen and oxygen atoms in total. The predicted molar refractivity (Wildman–Crippen MR) is 68.9 cm³/mol. The molecular weight excluding hydrogens is 230 g/mol.